The molecule has 3 fully saturated rings. The summed E-state index contributed by atoms with van der Waals surface area (Å²) in [4.78, 5) is 15.9. The molecule has 2 saturated heterocycles. The Morgan fingerprint density at radius 1 is 0.977 bits per heavy atom. The number of amides is 1. The number of ether oxygens (including phenoxy) is 2. The van der Waals surface area contributed by atoms with Gasteiger partial charge in [0.25, 0.3) is 0 Å². The molecular formula is C31H35F7N2O3. The van der Waals surface area contributed by atoms with E-state index >= 15 is 0 Å². The van der Waals surface area contributed by atoms with Gasteiger partial charge >= 0.3 is 12.4 Å². The summed E-state index contributed by atoms with van der Waals surface area (Å²) in [5, 5.41) is 2.65. The van der Waals surface area contributed by atoms with Crippen molar-refractivity contribution in [3.05, 3.63) is 70.5 Å². The highest BCUT2D eigenvalue weighted by Gasteiger charge is 2.54. The fourth-order valence-corrected chi connectivity index (χ4v) is 7.01. The van der Waals surface area contributed by atoms with Crippen molar-refractivity contribution in [3.8, 4) is 0 Å². The zero-order valence-corrected chi connectivity index (χ0v) is 24.0. The van der Waals surface area contributed by atoms with E-state index in [0.717, 1.165) is 5.56 Å². The highest BCUT2D eigenvalue weighted by Crippen LogP contribution is 2.49. The number of carbonyl (C=O) groups excluding carboxylic acids is 1. The van der Waals surface area contributed by atoms with Crippen molar-refractivity contribution in [3.63, 3.8) is 0 Å². The van der Waals surface area contributed by atoms with Gasteiger partial charge in [0.2, 0.25) is 5.91 Å². The first-order valence-electron chi connectivity index (χ1n) is 14.5. The Labute approximate surface area is 245 Å². The predicted octanol–water partition coefficient (Wildman–Crippen LogP) is 6.91. The van der Waals surface area contributed by atoms with Crippen LogP contribution < -0.4 is 5.32 Å². The second-order valence-electron chi connectivity index (χ2n) is 12.2. The number of rotatable bonds is 6. The monoisotopic (exact) mass is 616 g/mol. The summed E-state index contributed by atoms with van der Waals surface area (Å²) in [6.45, 7) is 5.36. The fraction of sp³-hybridized carbons (Fsp3) is 0.581. The van der Waals surface area contributed by atoms with E-state index in [1.54, 1.807) is 12.1 Å². The molecule has 0 aromatic heterocycles. The average molecular weight is 617 g/mol. The quantitative estimate of drug-likeness (QED) is 0.359. The molecular weight excluding hydrogens is 581 g/mol. The Morgan fingerprint density at radius 2 is 1.58 bits per heavy atom. The summed E-state index contributed by atoms with van der Waals surface area (Å²) in [6.07, 6.45) is -7.56. The summed E-state index contributed by atoms with van der Waals surface area (Å²) < 4.78 is 106. The second kappa shape index (κ2) is 11.7. The highest BCUT2D eigenvalue weighted by molar-refractivity contribution is 5.83. The SMILES string of the molecule is CC(C)C1(C(=O)NCc2cc(C(F)(F)F)cc(C(F)(F)F)c2)CCC(N2CCC(c3ccc(F)cc3)C3(C2)OCCO3)C1. The van der Waals surface area contributed by atoms with E-state index in [1.807, 2.05) is 13.8 Å². The molecule has 12 heteroatoms. The first-order valence-corrected chi connectivity index (χ1v) is 14.5. The van der Waals surface area contributed by atoms with Crippen LogP contribution in [0.3, 0.4) is 0 Å². The van der Waals surface area contributed by atoms with Gasteiger partial charge in [-0.1, -0.05) is 26.0 Å². The minimum absolute atomic E-state index is 0.00242. The van der Waals surface area contributed by atoms with Crippen molar-refractivity contribution in [1.82, 2.24) is 10.2 Å². The van der Waals surface area contributed by atoms with E-state index in [9.17, 15) is 35.5 Å². The van der Waals surface area contributed by atoms with Crippen molar-refractivity contribution in [2.45, 2.75) is 76.2 Å². The first-order chi connectivity index (χ1) is 20.1. The summed E-state index contributed by atoms with van der Waals surface area (Å²) in [5.74, 6) is -1.84. The van der Waals surface area contributed by atoms with Crippen LogP contribution >= 0.6 is 0 Å². The minimum atomic E-state index is -4.97. The molecule has 2 heterocycles. The Kier molecular flexibility index (Phi) is 8.60. The van der Waals surface area contributed by atoms with E-state index in [0.29, 0.717) is 64.1 Å². The number of alkyl halides is 6. The molecule has 3 aliphatic rings. The summed E-state index contributed by atoms with van der Waals surface area (Å²) >= 11 is 0. The number of hydrogen-bond donors (Lipinski definition) is 1. The summed E-state index contributed by atoms with van der Waals surface area (Å²) in [5.41, 5.74) is -3.03. The van der Waals surface area contributed by atoms with Gasteiger partial charge in [-0.2, -0.15) is 26.3 Å². The van der Waals surface area contributed by atoms with E-state index in [-0.39, 0.29) is 41.2 Å². The highest BCUT2D eigenvalue weighted by atomic mass is 19.4. The summed E-state index contributed by atoms with van der Waals surface area (Å²) in [7, 11) is 0. The van der Waals surface area contributed by atoms with Gasteiger partial charge in [-0.3, -0.25) is 9.69 Å². The van der Waals surface area contributed by atoms with Crippen LogP contribution in [-0.2, 0) is 33.2 Å². The molecule has 3 atom stereocenters. The van der Waals surface area contributed by atoms with Gasteiger partial charge in [0.15, 0.2) is 5.79 Å². The lowest BCUT2D eigenvalue weighted by molar-refractivity contribution is -0.207. The molecule has 236 valence electrons. The molecule has 1 N–H and O–H groups in total. The Bertz CT molecular complexity index is 1270. The number of carbonyl (C=O) groups is 1. The number of halogens is 7. The maximum atomic E-state index is 13.6. The third-order valence-corrected chi connectivity index (χ3v) is 9.41. The Hall–Kier alpha value is -2.70. The topological polar surface area (TPSA) is 50.8 Å². The largest absolute Gasteiger partial charge is 0.416 e. The fourth-order valence-electron chi connectivity index (χ4n) is 7.01. The standard InChI is InChI=1S/C31H35F7N2O3/c1-19(2)28(27(41)39-17-20-13-22(30(33,34)35)15-23(14-20)31(36,37)38)9-7-25(16-28)40-10-8-26(21-3-5-24(32)6-4-21)29(18-40)42-11-12-43-29/h3-6,13-15,19,25-26H,7-12,16-18H2,1-2H3,(H,39,41). The molecule has 0 radical (unpaired) electrons. The number of likely N-dealkylation sites (tertiary alicyclic amines) is 1. The van der Waals surface area contributed by atoms with Crippen LogP contribution in [0.5, 0.6) is 0 Å². The van der Waals surface area contributed by atoms with Crippen molar-refractivity contribution >= 4 is 5.91 Å². The molecule has 1 aliphatic carbocycles. The zero-order chi connectivity index (χ0) is 31.2. The van der Waals surface area contributed by atoms with Gasteiger partial charge in [-0.05, 0) is 79.6 Å². The van der Waals surface area contributed by atoms with Crippen LogP contribution in [0.1, 0.15) is 67.7 Å². The molecule has 0 bridgehead atoms. The van der Waals surface area contributed by atoms with E-state index in [1.165, 1.54) is 12.1 Å². The van der Waals surface area contributed by atoms with Crippen LogP contribution in [0.25, 0.3) is 0 Å². The third-order valence-electron chi connectivity index (χ3n) is 9.41. The molecule has 5 nitrogen and oxygen atoms in total. The normalized spacial score (nSPS) is 26.4. The van der Waals surface area contributed by atoms with Crippen molar-refractivity contribution in [2.24, 2.45) is 11.3 Å². The minimum Gasteiger partial charge on any atom is -0.352 e. The van der Waals surface area contributed by atoms with Crippen LogP contribution in [-0.4, -0.2) is 48.9 Å². The average Bonchev–Trinajstić information content (AvgIpc) is 3.60. The molecule has 1 saturated carbocycles. The van der Waals surface area contributed by atoms with Gasteiger partial charge in [0.1, 0.15) is 5.82 Å². The molecule has 43 heavy (non-hydrogen) atoms. The molecule has 2 aromatic rings. The number of benzene rings is 2. The lowest BCUT2D eigenvalue weighted by Crippen LogP contribution is -2.56. The molecule has 3 unspecified atom stereocenters. The van der Waals surface area contributed by atoms with Gasteiger partial charge in [0, 0.05) is 18.5 Å². The second-order valence-corrected chi connectivity index (χ2v) is 12.2. The van der Waals surface area contributed by atoms with Crippen LogP contribution in [0.15, 0.2) is 42.5 Å². The molecule has 1 amide bonds. The maximum absolute atomic E-state index is 13.6. The van der Waals surface area contributed by atoms with Crippen molar-refractivity contribution in [1.29, 1.82) is 0 Å². The number of piperidine rings is 1. The van der Waals surface area contributed by atoms with E-state index in [4.69, 9.17) is 9.47 Å². The first kappa shape index (κ1) is 31.7. The van der Waals surface area contributed by atoms with Gasteiger partial charge in [-0.25, -0.2) is 4.39 Å². The zero-order valence-electron chi connectivity index (χ0n) is 24.0. The number of nitrogens with one attached hydrogen (secondary N) is 1. The third kappa shape index (κ3) is 6.42. The van der Waals surface area contributed by atoms with Gasteiger partial charge in [-0.15, -0.1) is 0 Å². The summed E-state index contributed by atoms with van der Waals surface area (Å²) in [6, 6.07) is 7.68. The van der Waals surface area contributed by atoms with Crippen molar-refractivity contribution in [2.75, 3.05) is 26.3 Å². The lowest BCUT2D eigenvalue weighted by Gasteiger charge is -2.47. The van der Waals surface area contributed by atoms with Gasteiger partial charge < -0.3 is 14.8 Å². The number of hydrogen-bond acceptors (Lipinski definition) is 4. The van der Waals surface area contributed by atoms with Crippen LogP contribution in [0.2, 0.25) is 0 Å². The van der Waals surface area contributed by atoms with Crippen LogP contribution in [0, 0.1) is 17.2 Å². The van der Waals surface area contributed by atoms with E-state index in [2.05, 4.69) is 10.2 Å². The molecule has 2 aliphatic heterocycles. The molecule has 5 rings (SSSR count). The lowest BCUT2D eigenvalue weighted by atomic mass is 9.74. The predicted molar refractivity (Wildman–Crippen MR) is 143 cm³/mol. The van der Waals surface area contributed by atoms with Gasteiger partial charge in [0.05, 0.1) is 36.3 Å². The molecule has 2 aromatic carbocycles. The Balaban J connectivity index is 1.30. The van der Waals surface area contributed by atoms with Crippen molar-refractivity contribution < 1.29 is 45.0 Å². The molecule has 1 spiro atoms. The van der Waals surface area contributed by atoms with E-state index < -0.39 is 41.2 Å². The Morgan fingerprint density at radius 3 is 2.14 bits per heavy atom. The maximum Gasteiger partial charge on any atom is 0.416 e. The smallest absolute Gasteiger partial charge is 0.352 e. The number of nitrogens with zero attached hydrogens (tertiary/aromatic N) is 1. The van der Waals surface area contributed by atoms with Crippen LogP contribution in [0.4, 0.5) is 30.7 Å².